The fourth-order valence-electron chi connectivity index (χ4n) is 0.651. The van der Waals surface area contributed by atoms with Crippen molar-refractivity contribution < 1.29 is 9.84 Å². The van der Waals surface area contributed by atoms with Crippen LogP contribution in [0.2, 0.25) is 5.02 Å². The van der Waals surface area contributed by atoms with E-state index in [1.54, 1.807) is 12.1 Å². The lowest BCUT2D eigenvalue weighted by Gasteiger charge is -1.98. The van der Waals surface area contributed by atoms with Gasteiger partial charge in [0.1, 0.15) is 0 Å². The van der Waals surface area contributed by atoms with Crippen LogP contribution in [0.15, 0.2) is 18.2 Å². The minimum Gasteiger partial charge on any atom is -0.493 e. The van der Waals surface area contributed by atoms with Gasteiger partial charge < -0.3 is 4.74 Å². The predicted octanol–water partition coefficient (Wildman–Crippen LogP) is 2.49. The topological polar surface area (TPSA) is 29.1 Å². The van der Waals surface area contributed by atoms with E-state index in [0.717, 1.165) is 0 Å². The highest BCUT2D eigenvalue weighted by atomic mass is 35.5. The van der Waals surface area contributed by atoms with Crippen LogP contribution in [-0.4, -0.2) is 7.11 Å². The Kier molecular flexibility index (Phi) is 2.02. The van der Waals surface area contributed by atoms with Gasteiger partial charge in [-0.15, -0.1) is 0 Å². The summed E-state index contributed by atoms with van der Waals surface area (Å²) in [6, 6.07) is 4.48. The lowest BCUT2D eigenvalue weighted by atomic mass is 10.3. The van der Waals surface area contributed by atoms with Crippen molar-refractivity contribution in [1.82, 2.24) is 0 Å². The number of methoxy groups -OCH3 is 1. The molecule has 10 heavy (non-hydrogen) atoms. The maximum absolute atomic E-state index is 10.9. The van der Waals surface area contributed by atoms with Crippen molar-refractivity contribution in [3.8, 4) is 11.5 Å². The molecule has 1 radical (unpaired) electrons. The molecule has 0 amide bonds. The zero-order chi connectivity index (χ0) is 7.56. The number of hydrogen-bond acceptors (Lipinski definition) is 1. The fourth-order valence-corrected chi connectivity index (χ4v) is 0.813. The van der Waals surface area contributed by atoms with Crippen LogP contribution in [0.3, 0.4) is 0 Å². The zero-order valence-corrected chi connectivity index (χ0v) is 6.18. The molecule has 0 aliphatic heterocycles. The van der Waals surface area contributed by atoms with E-state index in [1.807, 2.05) is 0 Å². The average molecular weight is 158 g/mol. The van der Waals surface area contributed by atoms with Crippen molar-refractivity contribution in [2.24, 2.45) is 0 Å². The molecule has 0 atom stereocenters. The molecule has 0 saturated heterocycles. The van der Waals surface area contributed by atoms with Gasteiger partial charge in [-0.05, 0) is 12.1 Å². The van der Waals surface area contributed by atoms with Crippen LogP contribution in [-0.2, 0) is 5.11 Å². The highest BCUT2D eigenvalue weighted by Gasteiger charge is 2.01. The molecule has 0 spiro atoms. The van der Waals surface area contributed by atoms with Gasteiger partial charge in [0.2, 0.25) is 5.75 Å². The van der Waals surface area contributed by atoms with E-state index in [0.29, 0.717) is 10.8 Å². The van der Waals surface area contributed by atoms with E-state index >= 15 is 0 Å². The molecule has 0 saturated carbocycles. The first-order valence-electron chi connectivity index (χ1n) is 2.74. The first-order valence-corrected chi connectivity index (χ1v) is 3.12. The number of ether oxygens (including phenoxy) is 1. The Labute approximate surface area is 64.0 Å². The van der Waals surface area contributed by atoms with Crippen LogP contribution in [0.1, 0.15) is 0 Å². The summed E-state index contributed by atoms with van der Waals surface area (Å²) in [6.45, 7) is 0. The maximum Gasteiger partial charge on any atom is 0.221 e. The van der Waals surface area contributed by atoms with Gasteiger partial charge in [0.25, 0.3) is 0 Å². The van der Waals surface area contributed by atoms with Gasteiger partial charge in [0.15, 0.2) is 5.75 Å². The van der Waals surface area contributed by atoms with Crippen molar-refractivity contribution in [3.63, 3.8) is 0 Å². The predicted molar refractivity (Wildman–Crippen MR) is 38.1 cm³/mol. The summed E-state index contributed by atoms with van der Waals surface area (Å²) in [5, 5.41) is 11.3. The van der Waals surface area contributed by atoms with Gasteiger partial charge in [0, 0.05) is 11.1 Å². The monoisotopic (exact) mass is 157 g/mol. The van der Waals surface area contributed by atoms with Gasteiger partial charge in [-0.1, -0.05) is 11.6 Å². The largest absolute Gasteiger partial charge is 0.493 e. The summed E-state index contributed by atoms with van der Waals surface area (Å²) in [4.78, 5) is 0. The molecule has 0 N–H and O–H groups in total. The minimum absolute atomic E-state index is 0.185. The van der Waals surface area contributed by atoms with Crippen molar-refractivity contribution in [3.05, 3.63) is 23.2 Å². The number of benzene rings is 1. The lowest BCUT2D eigenvalue weighted by Crippen LogP contribution is -1.81. The normalized spacial score (nSPS) is 9.40. The van der Waals surface area contributed by atoms with Crippen molar-refractivity contribution in [1.29, 1.82) is 0 Å². The van der Waals surface area contributed by atoms with E-state index in [9.17, 15) is 5.11 Å². The van der Waals surface area contributed by atoms with E-state index in [4.69, 9.17) is 16.3 Å². The molecule has 0 aromatic heterocycles. The van der Waals surface area contributed by atoms with Gasteiger partial charge >= 0.3 is 0 Å². The Bertz CT molecular complexity index is 235. The summed E-state index contributed by atoms with van der Waals surface area (Å²) in [5.74, 6) is 0.138. The molecule has 0 aliphatic rings. The van der Waals surface area contributed by atoms with Crippen LogP contribution >= 0.6 is 11.6 Å². The molecule has 3 heteroatoms. The Balaban J connectivity index is 3.07. The summed E-state index contributed by atoms with van der Waals surface area (Å²) >= 11 is 5.52. The van der Waals surface area contributed by atoms with Gasteiger partial charge in [-0.2, -0.15) is 0 Å². The smallest absolute Gasteiger partial charge is 0.221 e. The number of rotatable bonds is 1. The van der Waals surface area contributed by atoms with E-state index in [2.05, 4.69) is 0 Å². The summed E-state index contributed by atoms with van der Waals surface area (Å²) in [5.41, 5.74) is 0. The lowest BCUT2D eigenvalue weighted by molar-refractivity contribution is 0.315. The molecular weight excluding hydrogens is 152 g/mol. The van der Waals surface area contributed by atoms with Crippen LogP contribution in [0, 0.1) is 0 Å². The molecule has 1 aromatic rings. The minimum atomic E-state index is -0.185. The second-order valence-corrected chi connectivity index (χ2v) is 2.23. The van der Waals surface area contributed by atoms with E-state index in [-0.39, 0.29) is 5.75 Å². The van der Waals surface area contributed by atoms with Gasteiger partial charge in [-0.3, -0.25) is 5.11 Å². The first-order chi connectivity index (χ1) is 4.74. The van der Waals surface area contributed by atoms with E-state index in [1.165, 1.54) is 13.2 Å². The summed E-state index contributed by atoms with van der Waals surface area (Å²) in [7, 11) is 1.45. The first kappa shape index (κ1) is 7.22. The fraction of sp³-hybridized carbons (Fsp3) is 0.143. The quantitative estimate of drug-likeness (QED) is 0.616. The highest BCUT2D eigenvalue weighted by molar-refractivity contribution is 6.30. The molecular formula is C7H6ClO2. The third-order valence-electron chi connectivity index (χ3n) is 1.13. The Hall–Kier alpha value is -0.890. The standard InChI is InChI=1S/C7H6ClO2/c1-10-7-3-2-5(8)4-6(7)9/h2-4H,1H3. The molecule has 0 fully saturated rings. The number of halogens is 1. The molecule has 0 heterocycles. The molecule has 1 aromatic carbocycles. The molecule has 0 aliphatic carbocycles. The Morgan fingerprint density at radius 1 is 1.50 bits per heavy atom. The summed E-state index contributed by atoms with van der Waals surface area (Å²) < 4.78 is 4.73. The second kappa shape index (κ2) is 2.80. The highest BCUT2D eigenvalue weighted by Crippen LogP contribution is 2.28. The third-order valence-corrected chi connectivity index (χ3v) is 1.36. The van der Waals surface area contributed by atoms with Crippen LogP contribution in [0.5, 0.6) is 11.5 Å². The van der Waals surface area contributed by atoms with Crippen LogP contribution < -0.4 is 4.74 Å². The molecule has 0 bridgehead atoms. The van der Waals surface area contributed by atoms with Gasteiger partial charge in [0.05, 0.1) is 7.11 Å². The maximum atomic E-state index is 10.9. The van der Waals surface area contributed by atoms with Crippen LogP contribution in [0.4, 0.5) is 0 Å². The molecule has 53 valence electrons. The van der Waals surface area contributed by atoms with Crippen molar-refractivity contribution >= 4 is 11.6 Å². The SMILES string of the molecule is COc1ccc(Cl)cc1[O]. The van der Waals surface area contributed by atoms with Crippen LogP contribution in [0.25, 0.3) is 0 Å². The Morgan fingerprint density at radius 2 is 2.20 bits per heavy atom. The van der Waals surface area contributed by atoms with E-state index < -0.39 is 0 Å². The third kappa shape index (κ3) is 1.33. The molecule has 2 nitrogen and oxygen atoms in total. The zero-order valence-electron chi connectivity index (χ0n) is 5.43. The molecule has 1 rings (SSSR count). The van der Waals surface area contributed by atoms with Crippen molar-refractivity contribution in [2.75, 3.05) is 7.11 Å². The summed E-state index contributed by atoms with van der Waals surface area (Å²) in [6.07, 6.45) is 0. The average Bonchev–Trinajstić information content (AvgIpc) is 1.88. The Morgan fingerprint density at radius 3 is 2.70 bits per heavy atom. The van der Waals surface area contributed by atoms with Gasteiger partial charge in [-0.25, -0.2) is 0 Å². The molecule has 0 unspecified atom stereocenters. The number of hydrogen-bond donors (Lipinski definition) is 0. The van der Waals surface area contributed by atoms with Crippen molar-refractivity contribution in [2.45, 2.75) is 0 Å². The second-order valence-electron chi connectivity index (χ2n) is 1.80.